The summed E-state index contributed by atoms with van der Waals surface area (Å²) in [6, 6.07) is 0. The molecule has 10 heavy (non-hydrogen) atoms. The maximum atomic E-state index is 5.17. The monoisotopic (exact) mass is 246 g/mol. The first kappa shape index (κ1) is 10.3. The lowest BCUT2D eigenvalue weighted by Crippen LogP contribution is -1.71. The maximum absolute atomic E-state index is 5.17. The van der Waals surface area contributed by atoms with Crippen LogP contribution in [-0.4, -0.2) is 7.85 Å². The SMILES string of the molecule is [B]/C=C/CCCC/C=C/I. The minimum absolute atomic E-state index is 1.12. The molecule has 0 aromatic heterocycles. The molecular weight excluding hydrogens is 234 g/mol. The van der Waals surface area contributed by atoms with Crippen LogP contribution in [0.2, 0.25) is 0 Å². The zero-order valence-electron chi connectivity index (χ0n) is 6.09. The third-order valence-electron chi connectivity index (χ3n) is 1.22. The molecule has 0 atom stereocenters. The Labute approximate surface area is 78.3 Å². The molecule has 0 aromatic rings. The van der Waals surface area contributed by atoms with Crippen LogP contribution >= 0.6 is 22.6 Å². The van der Waals surface area contributed by atoms with Crippen molar-refractivity contribution in [3.63, 3.8) is 0 Å². The molecule has 2 radical (unpaired) electrons. The van der Waals surface area contributed by atoms with E-state index in [-0.39, 0.29) is 0 Å². The van der Waals surface area contributed by atoms with Crippen molar-refractivity contribution in [1.82, 2.24) is 0 Å². The van der Waals surface area contributed by atoms with Crippen molar-refractivity contribution in [3.8, 4) is 0 Å². The Kier molecular flexibility index (Phi) is 9.53. The molecule has 0 saturated carbocycles. The Morgan fingerprint density at radius 3 is 2.20 bits per heavy atom. The van der Waals surface area contributed by atoms with E-state index in [1.54, 1.807) is 5.98 Å². The van der Waals surface area contributed by atoms with Crippen molar-refractivity contribution >= 4 is 30.4 Å². The van der Waals surface area contributed by atoms with Gasteiger partial charge in [0, 0.05) is 0 Å². The van der Waals surface area contributed by atoms with E-state index in [2.05, 4.69) is 32.7 Å². The van der Waals surface area contributed by atoms with Gasteiger partial charge in [-0.15, -0.1) is 5.98 Å². The number of allylic oxidation sites excluding steroid dienone is 2. The molecule has 2 heteroatoms. The fraction of sp³-hybridized carbons (Fsp3) is 0.500. The number of hydrogen-bond acceptors (Lipinski definition) is 0. The number of unbranched alkanes of at least 4 members (excludes halogenated alkanes) is 3. The predicted molar refractivity (Wildman–Crippen MR) is 56.5 cm³/mol. The molecule has 0 saturated heterocycles. The number of rotatable bonds is 5. The highest BCUT2D eigenvalue weighted by molar-refractivity contribution is 14.1. The largest absolute Gasteiger partial charge is 0.135 e. The van der Waals surface area contributed by atoms with Crippen LogP contribution in [0.1, 0.15) is 25.7 Å². The fourth-order valence-corrected chi connectivity index (χ4v) is 1.04. The molecule has 0 aliphatic carbocycles. The standard InChI is InChI=1S/C8H12BI/c9-7-5-3-1-2-4-6-8-10/h5-8H,1-4H2/b7-5+,8-6+. The lowest BCUT2D eigenvalue weighted by Gasteiger charge is -1.90. The average molecular weight is 246 g/mol. The summed E-state index contributed by atoms with van der Waals surface area (Å²) in [6.07, 6.45) is 9.02. The van der Waals surface area contributed by atoms with E-state index in [1.165, 1.54) is 19.3 Å². The van der Waals surface area contributed by atoms with E-state index in [4.69, 9.17) is 7.85 Å². The van der Waals surface area contributed by atoms with Gasteiger partial charge in [-0.2, -0.15) is 0 Å². The highest BCUT2D eigenvalue weighted by Gasteiger charge is 1.81. The molecule has 54 valence electrons. The maximum Gasteiger partial charge on any atom is 0.102 e. The lowest BCUT2D eigenvalue weighted by atomic mass is 10.1. The summed E-state index contributed by atoms with van der Waals surface area (Å²) < 4.78 is 2.07. The Balaban J connectivity index is 2.90. The summed E-state index contributed by atoms with van der Waals surface area (Å²) in [7, 11) is 5.17. The Morgan fingerprint density at radius 1 is 1.10 bits per heavy atom. The van der Waals surface area contributed by atoms with Crippen molar-refractivity contribution in [2.75, 3.05) is 0 Å². The predicted octanol–water partition coefficient (Wildman–Crippen LogP) is 3.18. The van der Waals surface area contributed by atoms with E-state index < -0.39 is 0 Å². The third-order valence-corrected chi connectivity index (χ3v) is 1.73. The first-order valence-electron chi connectivity index (χ1n) is 3.53. The van der Waals surface area contributed by atoms with Crippen molar-refractivity contribution in [2.45, 2.75) is 25.7 Å². The summed E-state index contributed by atoms with van der Waals surface area (Å²) in [5, 5.41) is 0. The molecule has 0 heterocycles. The summed E-state index contributed by atoms with van der Waals surface area (Å²) in [6.45, 7) is 0. The van der Waals surface area contributed by atoms with Crippen molar-refractivity contribution < 1.29 is 0 Å². The third kappa shape index (κ3) is 8.27. The van der Waals surface area contributed by atoms with Crippen LogP contribution in [0.15, 0.2) is 22.2 Å². The molecule has 0 aliphatic heterocycles. The van der Waals surface area contributed by atoms with Gasteiger partial charge < -0.3 is 0 Å². The van der Waals surface area contributed by atoms with E-state index in [1.807, 2.05) is 6.08 Å². The van der Waals surface area contributed by atoms with Gasteiger partial charge >= 0.3 is 0 Å². The first-order valence-corrected chi connectivity index (χ1v) is 4.78. The molecule has 0 amide bonds. The van der Waals surface area contributed by atoms with Gasteiger partial charge in [0.1, 0.15) is 7.85 Å². The molecule has 0 nitrogen and oxygen atoms in total. The minimum Gasteiger partial charge on any atom is -0.135 e. The molecular formula is C8H12BI. The van der Waals surface area contributed by atoms with Gasteiger partial charge in [0.2, 0.25) is 0 Å². The van der Waals surface area contributed by atoms with Crippen molar-refractivity contribution in [3.05, 3.63) is 22.2 Å². The molecule has 0 spiro atoms. The molecule has 0 bridgehead atoms. The zero-order chi connectivity index (χ0) is 7.66. The molecule has 0 unspecified atom stereocenters. The molecule has 0 aliphatic rings. The van der Waals surface area contributed by atoms with Gasteiger partial charge in [-0.3, -0.25) is 0 Å². The van der Waals surface area contributed by atoms with Gasteiger partial charge in [-0.25, -0.2) is 0 Å². The lowest BCUT2D eigenvalue weighted by molar-refractivity contribution is 0.763. The van der Waals surface area contributed by atoms with Gasteiger partial charge in [0.25, 0.3) is 0 Å². The molecule has 0 rings (SSSR count). The molecule has 0 aromatic carbocycles. The van der Waals surface area contributed by atoms with Crippen LogP contribution in [0.3, 0.4) is 0 Å². The van der Waals surface area contributed by atoms with Gasteiger partial charge in [0.15, 0.2) is 0 Å². The molecule has 0 N–H and O–H groups in total. The normalized spacial score (nSPS) is 11.7. The van der Waals surface area contributed by atoms with Crippen LogP contribution < -0.4 is 0 Å². The quantitative estimate of drug-likeness (QED) is 0.397. The topological polar surface area (TPSA) is 0 Å². The second-order valence-corrected chi connectivity index (χ2v) is 2.79. The second-order valence-electron chi connectivity index (χ2n) is 2.07. The van der Waals surface area contributed by atoms with E-state index in [9.17, 15) is 0 Å². The van der Waals surface area contributed by atoms with Crippen LogP contribution in [0.5, 0.6) is 0 Å². The Morgan fingerprint density at radius 2 is 1.70 bits per heavy atom. The summed E-state index contributed by atoms with van der Waals surface area (Å²) >= 11 is 2.24. The van der Waals surface area contributed by atoms with Gasteiger partial charge in [0.05, 0.1) is 0 Å². The van der Waals surface area contributed by atoms with Crippen LogP contribution in [0.4, 0.5) is 0 Å². The number of halogens is 1. The summed E-state index contributed by atoms with van der Waals surface area (Å²) in [5.41, 5.74) is 0. The zero-order valence-corrected chi connectivity index (χ0v) is 8.25. The first-order chi connectivity index (χ1) is 4.91. The van der Waals surface area contributed by atoms with Gasteiger partial charge in [-0.1, -0.05) is 34.7 Å². The fourth-order valence-electron chi connectivity index (χ4n) is 0.684. The van der Waals surface area contributed by atoms with E-state index in [0.29, 0.717) is 0 Å². The number of hydrogen-bond donors (Lipinski definition) is 0. The Hall–Kier alpha value is 0.275. The highest BCUT2D eigenvalue weighted by Crippen LogP contribution is 2.01. The second kappa shape index (κ2) is 9.27. The average Bonchev–Trinajstić information content (AvgIpc) is 1.97. The summed E-state index contributed by atoms with van der Waals surface area (Å²) in [4.78, 5) is 0. The van der Waals surface area contributed by atoms with Crippen LogP contribution in [0, 0.1) is 0 Å². The Bertz CT molecular complexity index is 93.8. The van der Waals surface area contributed by atoms with Crippen LogP contribution in [-0.2, 0) is 0 Å². The smallest absolute Gasteiger partial charge is 0.102 e. The molecule has 0 fully saturated rings. The van der Waals surface area contributed by atoms with Gasteiger partial charge in [-0.05, 0) is 29.8 Å². The van der Waals surface area contributed by atoms with Crippen molar-refractivity contribution in [1.29, 1.82) is 0 Å². The minimum atomic E-state index is 1.12. The van der Waals surface area contributed by atoms with Crippen molar-refractivity contribution in [2.24, 2.45) is 0 Å². The highest BCUT2D eigenvalue weighted by atomic mass is 127. The summed E-state index contributed by atoms with van der Waals surface area (Å²) in [5.74, 6) is 1.62. The van der Waals surface area contributed by atoms with E-state index in [0.717, 1.165) is 6.42 Å². The van der Waals surface area contributed by atoms with E-state index >= 15 is 0 Å². The van der Waals surface area contributed by atoms with Crippen LogP contribution in [0.25, 0.3) is 0 Å².